The Morgan fingerprint density at radius 3 is 2.95 bits per heavy atom. The van der Waals surface area contributed by atoms with Crippen molar-refractivity contribution < 1.29 is 4.92 Å². The quantitative estimate of drug-likeness (QED) is 0.448. The van der Waals surface area contributed by atoms with Crippen molar-refractivity contribution in [2.24, 2.45) is 4.99 Å². The Hall–Kier alpha value is -3.02. The van der Waals surface area contributed by atoms with E-state index in [9.17, 15) is 10.1 Å². The lowest BCUT2D eigenvalue weighted by atomic mass is 10.2. The van der Waals surface area contributed by atoms with Crippen molar-refractivity contribution in [3.05, 3.63) is 64.3 Å². The number of para-hydroxylation sites is 1. The van der Waals surface area contributed by atoms with Gasteiger partial charge in [0.05, 0.1) is 27.9 Å². The number of aromatic amines is 1. The predicted molar refractivity (Wildman–Crippen MR) is 76.4 cm³/mol. The van der Waals surface area contributed by atoms with Crippen LogP contribution in [0.4, 0.5) is 11.4 Å². The summed E-state index contributed by atoms with van der Waals surface area (Å²) in [5.74, 6) is 0. The maximum atomic E-state index is 10.9. The minimum absolute atomic E-state index is 0.0406. The van der Waals surface area contributed by atoms with Crippen LogP contribution in [-0.4, -0.2) is 21.3 Å². The number of nitro benzene ring substituents is 1. The van der Waals surface area contributed by atoms with Crippen LogP contribution in [0, 0.1) is 10.1 Å². The van der Waals surface area contributed by atoms with Gasteiger partial charge >= 0.3 is 0 Å². The number of hydrogen-bond acceptors (Lipinski definition) is 4. The number of fused-ring (bicyclic) bond motifs is 1. The fraction of sp³-hybridized carbons (Fsp3) is 0. The summed E-state index contributed by atoms with van der Waals surface area (Å²) in [5, 5.41) is 18.7. The highest BCUT2D eigenvalue weighted by molar-refractivity contribution is 5.88. The van der Waals surface area contributed by atoms with Gasteiger partial charge in [-0.25, -0.2) is 0 Å². The van der Waals surface area contributed by atoms with Crippen LogP contribution < -0.4 is 0 Å². The first kappa shape index (κ1) is 12.0. The minimum Gasteiger partial charge on any atom is -0.278 e. The van der Waals surface area contributed by atoms with Crippen molar-refractivity contribution in [3.63, 3.8) is 0 Å². The molecule has 1 aromatic heterocycles. The zero-order valence-electron chi connectivity index (χ0n) is 10.4. The lowest BCUT2D eigenvalue weighted by Gasteiger charge is -1.97. The molecule has 98 valence electrons. The highest BCUT2D eigenvalue weighted by atomic mass is 16.6. The van der Waals surface area contributed by atoms with Crippen molar-refractivity contribution in [1.82, 2.24) is 10.2 Å². The minimum atomic E-state index is -0.417. The van der Waals surface area contributed by atoms with Gasteiger partial charge in [-0.3, -0.25) is 20.2 Å². The van der Waals surface area contributed by atoms with E-state index < -0.39 is 4.92 Å². The van der Waals surface area contributed by atoms with Gasteiger partial charge in [-0.1, -0.05) is 12.1 Å². The molecule has 0 atom stereocenters. The van der Waals surface area contributed by atoms with Gasteiger partial charge in [-0.15, -0.1) is 0 Å². The van der Waals surface area contributed by atoms with Crippen LogP contribution in [0.5, 0.6) is 0 Å². The lowest BCUT2D eigenvalue weighted by molar-refractivity contribution is -0.385. The van der Waals surface area contributed by atoms with Crippen molar-refractivity contribution in [2.45, 2.75) is 0 Å². The largest absolute Gasteiger partial charge is 0.278 e. The van der Waals surface area contributed by atoms with E-state index in [1.807, 2.05) is 18.2 Å². The Kier molecular flexibility index (Phi) is 2.96. The number of nitro groups is 1. The standard InChI is InChI=1S/C14H10N4O2/c19-18(20)14-4-2-1-3-11(14)8-15-12-6-5-10-9-16-17-13(10)7-12/h1-9H,(H,16,17). The number of rotatable bonds is 3. The topological polar surface area (TPSA) is 84.2 Å². The molecule has 0 aliphatic carbocycles. The first-order chi connectivity index (χ1) is 9.74. The summed E-state index contributed by atoms with van der Waals surface area (Å²) in [6.07, 6.45) is 3.22. The van der Waals surface area contributed by atoms with Gasteiger partial charge in [0, 0.05) is 17.7 Å². The molecule has 2 aromatic carbocycles. The van der Waals surface area contributed by atoms with Crippen LogP contribution >= 0.6 is 0 Å². The van der Waals surface area contributed by atoms with E-state index in [4.69, 9.17) is 0 Å². The number of H-pyrrole nitrogens is 1. The molecule has 0 bridgehead atoms. The van der Waals surface area contributed by atoms with E-state index in [-0.39, 0.29) is 5.69 Å². The average molecular weight is 266 g/mol. The van der Waals surface area contributed by atoms with Crippen LogP contribution in [0.15, 0.2) is 53.7 Å². The van der Waals surface area contributed by atoms with Crippen molar-refractivity contribution in [1.29, 1.82) is 0 Å². The van der Waals surface area contributed by atoms with Crippen LogP contribution in [0.1, 0.15) is 5.56 Å². The third kappa shape index (κ3) is 2.26. The molecule has 3 rings (SSSR count). The molecule has 6 heteroatoms. The van der Waals surface area contributed by atoms with Crippen molar-refractivity contribution in [3.8, 4) is 0 Å². The smallest absolute Gasteiger partial charge is 0.278 e. The van der Waals surface area contributed by atoms with Crippen molar-refractivity contribution >= 4 is 28.5 Å². The Bertz CT molecular complexity index is 808. The highest BCUT2D eigenvalue weighted by Gasteiger charge is 2.09. The molecule has 0 aliphatic rings. The summed E-state index contributed by atoms with van der Waals surface area (Å²) < 4.78 is 0. The van der Waals surface area contributed by atoms with Gasteiger partial charge < -0.3 is 0 Å². The fourth-order valence-electron chi connectivity index (χ4n) is 1.91. The third-order valence-corrected chi connectivity index (χ3v) is 2.91. The number of benzene rings is 2. The molecule has 0 unspecified atom stereocenters. The molecule has 20 heavy (non-hydrogen) atoms. The van der Waals surface area contributed by atoms with Gasteiger partial charge in [0.1, 0.15) is 0 Å². The normalized spacial score (nSPS) is 11.2. The van der Waals surface area contributed by atoms with Crippen LogP contribution in [0.2, 0.25) is 0 Å². The summed E-state index contributed by atoms with van der Waals surface area (Å²) in [6.45, 7) is 0. The second-order valence-corrected chi connectivity index (χ2v) is 4.22. The third-order valence-electron chi connectivity index (χ3n) is 2.91. The van der Waals surface area contributed by atoms with Gasteiger partial charge in [-0.2, -0.15) is 5.10 Å². The fourth-order valence-corrected chi connectivity index (χ4v) is 1.91. The number of aliphatic imine (C=N–C) groups is 1. The van der Waals surface area contributed by atoms with Gasteiger partial charge in [-0.05, 0) is 24.3 Å². The molecule has 0 aliphatic heterocycles. The predicted octanol–water partition coefficient (Wildman–Crippen LogP) is 3.22. The Balaban J connectivity index is 1.95. The van der Waals surface area contributed by atoms with Gasteiger partial charge in [0.15, 0.2) is 0 Å². The zero-order valence-corrected chi connectivity index (χ0v) is 10.4. The Morgan fingerprint density at radius 1 is 1.25 bits per heavy atom. The molecular weight excluding hydrogens is 256 g/mol. The molecule has 3 aromatic rings. The summed E-state index contributed by atoms with van der Waals surface area (Å²) in [7, 11) is 0. The lowest BCUT2D eigenvalue weighted by Crippen LogP contribution is -1.93. The Morgan fingerprint density at radius 2 is 2.10 bits per heavy atom. The van der Waals surface area contributed by atoms with Crippen LogP contribution in [0.3, 0.4) is 0 Å². The second kappa shape index (κ2) is 4.93. The summed E-state index contributed by atoms with van der Waals surface area (Å²) in [4.78, 5) is 14.8. The van der Waals surface area contributed by atoms with Crippen molar-refractivity contribution in [2.75, 3.05) is 0 Å². The summed E-state index contributed by atoms with van der Waals surface area (Å²) in [5.41, 5.74) is 2.10. The van der Waals surface area contributed by atoms with E-state index >= 15 is 0 Å². The van der Waals surface area contributed by atoms with Gasteiger partial charge in [0.25, 0.3) is 5.69 Å². The van der Waals surface area contributed by atoms with E-state index in [1.54, 1.807) is 24.4 Å². The molecule has 0 radical (unpaired) electrons. The first-order valence-electron chi connectivity index (χ1n) is 5.95. The zero-order chi connectivity index (χ0) is 13.9. The highest BCUT2D eigenvalue weighted by Crippen LogP contribution is 2.20. The van der Waals surface area contributed by atoms with Crippen LogP contribution in [0.25, 0.3) is 10.9 Å². The Labute approximate surface area is 113 Å². The number of aromatic nitrogens is 2. The SMILES string of the molecule is O=[N+]([O-])c1ccccc1C=Nc1ccc2cn[nH]c2c1. The average Bonchev–Trinajstić information content (AvgIpc) is 2.92. The van der Waals surface area contributed by atoms with Crippen LogP contribution in [-0.2, 0) is 0 Å². The molecule has 0 amide bonds. The van der Waals surface area contributed by atoms with E-state index in [0.29, 0.717) is 11.3 Å². The van der Waals surface area contributed by atoms with E-state index in [1.165, 1.54) is 12.3 Å². The van der Waals surface area contributed by atoms with Gasteiger partial charge in [0.2, 0.25) is 0 Å². The number of hydrogen-bond donors (Lipinski definition) is 1. The van der Waals surface area contributed by atoms with E-state index in [0.717, 1.165) is 10.9 Å². The molecule has 1 heterocycles. The van der Waals surface area contributed by atoms with E-state index in [2.05, 4.69) is 15.2 Å². The molecule has 1 N–H and O–H groups in total. The molecular formula is C14H10N4O2. The maximum Gasteiger partial charge on any atom is 0.278 e. The molecule has 6 nitrogen and oxygen atoms in total. The molecule has 0 saturated carbocycles. The second-order valence-electron chi connectivity index (χ2n) is 4.22. The molecule has 0 spiro atoms. The number of nitrogens with one attached hydrogen (secondary N) is 1. The summed E-state index contributed by atoms with van der Waals surface area (Å²) in [6, 6.07) is 12.1. The maximum absolute atomic E-state index is 10.9. The molecule has 0 fully saturated rings. The number of nitrogens with zero attached hydrogens (tertiary/aromatic N) is 3. The molecule has 0 saturated heterocycles. The summed E-state index contributed by atoms with van der Waals surface area (Å²) >= 11 is 0. The first-order valence-corrected chi connectivity index (χ1v) is 5.95. The monoisotopic (exact) mass is 266 g/mol.